The Morgan fingerprint density at radius 3 is 2.64 bits per heavy atom. The molecule has 0 spiro atoms. The summed E-state index contributed by atoms with van der Waals surface area (Å²) in [5.74, 6) is 0.844. The van der Waals surface area contributed by atoms with Gasteiger partial charge < -0.3 is 20.1 Å². The zero-order valence-electron chi connectivity index (χ0n) is 14.9. The Balaban J connectivity index is 0.00000312. The second-order valence-corrected chi connectivity index (χ2v) is 6.47. The summed E-state index contributed by atoms with van der Waals surface area (Å²) in [5.41, 5.74) is 1.23. The van der Waals surface area contributed by atoms with Crippen molar-refractivity contribution in [2.45, 2.75) is 13.0 Å². The van der Waals surface area contributed by atoms with E-state index in [0.29, 0.717) is 6.54 Å². The Bertz CT molecular complexity index is 668. The van der Waals surface area contributed by atoms with Gasteiger partial charge in [0, 0.05) is 46.1 Å². The first-order valence-corrected chi connectivity index (χ1v) is 8.83. The Morgan fingerprint density at radius 2 is 2.04 bits per heavy atom. The minimum atomic E-state index is -0.00444. The first-order chi connectivity index (χ1) is 11.6. The zero-order valence-corrected chi connectivity index (χ0v) is 18.0. The molecule has 138 valence electrons. The van der Waals surface area contributed by atoms with Gasteiger partial charge in [-0.15, -0.1) is 35.3 Å². The number of halogens is 1. The fourth-order valence-electron chi connectivity index (χ4n) is 2.35. The first kappa shape index (κ1) is 21.5. The second-order valence-electron chi connectivity index (χ2n) is 5.53. The van der Waals surface area contributed by atoms with E-state index in [0.717, 1.165) is 30.3 Å². The Labute approximate surface area is 170 Å². The molecule has 0 fully saturated rings. The summed E-state index contributed by atoms with van der Waals surface area (Å²) in [7, 11) is 5.83. The molecule has 2 heterocycles. The molecule has 1 amide bonds. The van der Waals surface area contributed by atoms with E-state index >= 15 is 0 Å². The topological polar surface area (TPSA) is 61.7 Å². The van der Waals surface area contributed by atoms with Crippen molar-refractivity contribution >= 4 is 47.2 Å². The van der Waals surface area contributed by atoms with Crippen LogP contribution in [0.4, 0.5) is 0 Å². The van der Waals surface area contributed by atoms with Crippen LogP contribution in [0.15, 0.2) is 40.8 Å². The molecule has 0 aliphatic carbocycles. The van der Waals surface area contributed by atoms with Crippen molar-refractivity contribution in [2.24, 2.45) is 12.0 Å². The molecule has 2 aromatic heterocycles. The highest BCUT2D eigenvalue weighted by Crippen LogP contribution is 2.07. The lowest BCUT2D eigenvalue weighted by Gasteiger charge is -2.22. The van der Waals surface area contributed by atoms with Gasteiger partial charge in [0.2, 0.25) is 0 Å². The Hall–Kier alpha value is -1.55. The molecule has 25 heavy (non-hydrogen) atoms. The predicted molar refractivity (Wildman–Crippen MR) is 115 cm³/mol. The van der Waals surface area contributed by atoms with Crippen LogP contribution in [-0.2, 0) is 13.6 Å². The van der Waals surface area contributed by atoms with Crippen LogP contribution in [0.2, 0.25) is 0 Å². The zero-order chi connectivity index (χ0) is 17.4. The number of carbonyl (C=O) groups excluding carboxylic acids is 1. The van der Waals surface area contributed by atoms with Crippen LogP contribution in [-0.4, -0.2) is 48.5 Å². The summed E-state index contributed by atoms with van der Waals surface area (Å²) in [6.45, 7) is 2.19. The maximum absolute atomic E-state index is 11.8. The van der Waals surface area contributed by atoms with E-state index in [1.165, 1.54) is 17.0 Å². The van der Waals surface area contributed by atoms with Gasteiger partial charge in [-0.25, -0.2) is 0 Å². The maximum atomic E-state index is 11.8. The van der Waals surface area contributed by atoms with Gasteiger partial charge in [0.1, 0.15) is 0 Å². The molecule has 8 heteroatoms. The molecule has 2 N–H and O–H groups in total. The van der Waals surface area contributed by atoms with Crippen molar-refractivity contribution in [3.8, 4) is 0 Å². The fraction of sp³-hybridized carbons (Fsp3) is 0.412. The molecule has 0 saturated carbocycles. The van der Waals surface area contributed by atoms with Crippen LogP contribution in [0.1, 0.15) is 21.8 Å². The molecule has 0 bridgehead atoms. The number of hydrogen-bond acceptors (Lipinski definition) is 3. The molecule has 0 aromatic carbocycles. The molecule has 2 aromatic rings. The fourth-order valence-corrected chi connectivity index (χ4v) is 2.99. The summed E-state index contributed by atoms with van der Waals surface area (Å²) >= 11 is 1.45. The summed E-state index contributed by atoms with van der Waals surface area (Å²) in [5, 5.41) is 8.16. The number of thiophene rings is 1. The highest BCUT2D eigenvalue weighted by Gasteiger charge is 2.08. The maximum Gasteiger partial charge on any atom is 0.261 e. The number of aryl methyl sites for hydroxylation is 1. The van der Waals surface area contributed by atoms with Crippen LogP contribution in [0.3, 0.4) is 0 Å². The van der Waals surface area contributed by atoms with E-state index in [1.807, 2.05) is 43.9 Å². The average Bonchev–Trinajstić information content (AvgIpc) is 3.23. The Kier molecular flexibility index (Phi) is 9.58. The van der Waals surface area contributed by atoms with E-state index in [-0.39, 0.29) is 29.9 Å². The molecule has 6 nitrogen and oxygen atoms in total. The molecule has 0 aliphatic heterocycles. The van der Waals surface area contributed by atoms with E-state index in [2.05, 4.69) is 31.2 Å². The highest BCUT2D eigenvalue weighted by molar-refractivity contribution is 14.0. The number of guanidine groups is 1. The third-order valence-electron chi connectivity index (χ3n) is 3.69. The predicted octanol–water partition coefficient (Wildman–Crippen LogP) is 2.53. The highest BCUT2D eigenvalue weighted by atomic mass is 127. The molecule has 0 unspecified atom stereocenters. The average molecular weight is 475 g/mol. The van der Waals surface area contributed by atoms with Gasteiger partial charge in [-0.2, -0.15) is 0 Å². The van der Waals surface area contributed by atoms with Crippen LogP contribution < -0.4 is 10.6 Å². The molecule has 0 radical (unpaired) electrons. The number of nitrogens with zero attached hydrogens (tertiary/aromatic N) is 3. The number of rotatable bonds is 7. The number of aromatic nitrogens is 1. The van der Waals surface area contributed by atoms with Crippen molar-refractivity contribution in [3.63, 3.8) is 0 Å². The van der Waals surface area contributed by atoms with Crippen LogP contribution in [0.5, 0.6) is 0 Å². The van der Waals surface area contributed by atoms with Crippen LogP contribution >= 0.6 is 35.3 Å². The standard InChI is InChI=1S/C17H25N5OS.HI/c1-18-17(22(3)13-14-7-4-11-21(14)2)20-10-6-9-19-16(23)15-8-5-12-24-15;/h4-5,7-8,11-12H,6,9-10,13H2,1-3H3,(H,18,20)(H,19,23);1H. The van der Waals surface area contributed by atoms with Gasteiger partial charge in [0.15, 0.2) is 5.96 Å². The SMILES string of the molecule is CN=C(NCCCNC(=O)c1cccs1)N(C)Cc1cccn1C.I. The number of nitrogens with one attached hydrogen (secondary N) is 2. The molecular weight excluding hydrogens is 449 g/mol. The van der Waals surface area contributed by atoms with E-state index in [9.17, 15) is 4.79 Å². The molecular formula is C17H26IN5OS. The lowest BCUT2D eigenvalue weighted by molar-refractivity contribution is 0.0957. The van der Waals surface area contributed by atoms with Crippen LogP contribution in [0.25, 0.3) is 0 Å². The second kappa shape index (κ2) is 11.1. The third kappa shape index (κ3) is 6.69. The number of carbonyl (C=O) groups is 1. The third-order valence-corrected chi connectivity index (χ3v) is 4.56. The van der Waals surface area contributed by atoms with Crippen molar-refractivity contribution in [1.82, 2.24) is 20.1 Å². The minimum absolute atomic E-state index is 0. The molecule has 0 saturated heterocycles. The number of aliphatic imine (C=N–C) groups is 1. The number of amides is 1. The van der Waals surface area contributed by atoms with Gasteiger partial charge in [-0.1, -0.05) is 6.07 Å². The molecule has 2 rings (SSSR count). The Morgan fingerprint density at radius 1 is 1.28 bits per heavy atom. The van der Waals surface area contributed by atoms with E-state index in [1.54, 1.807) is 7.05 Å². The number of hydrogen-bond donors (Lipinski definition) is 2. The van der Waals surface area contributed by atoms with Crippen molar-refractivity contribution < 1.29 is 4.79 Å². The summed E-state index contributed by atoms with van der Waals surface area (Å²) in [6.07, 6.45) is 2.88. The van der Waals surface area contributed by atoms with Gasteiger partial charge >= 0.3 is 0 Å². The van der Waals surface area contributed by atoms with Crippen LogP contribution in [0, 0.1) is 0 Å². The smallest absolute Gasteiger partial charge is 0.261 e. The molecule has 0 aliphatic rings. The van der Waals surface area contributed by atoms with Crippen molar-refractivity contribution in [3.05, 3.63) is 46.4 Å². The quantitative estimate of drug-likeness (QED) is 0.280. The largest absolute Gasteiger partial charge is 0.356 e. The lowest BCUT2D eigenvalue weighted by Crippen LogP contribution is -2.40. The minimum Gasteiger partial charge on any atom is -0.356 e. The lowest BCUT2D eigenvalue weighted by atomic mass is 10.3. The first-order valence-electron chi connectivity index (χ1n) is 7.95. The van der Waals surface area contributed by atoms with Crippen molar-refractivity contribution in [1.29, 1.82) is 0 Å². The summed E-state index contributed by atoms with van der Waals surface area (Å²) < 4.78 is 2.10. The summed E-state index contributed by atoms with van der Waals surface area (Å²) in [4.78, 5) is 19.0. The summed E-state index contributed by atoms with van der Waals surface area (Å²) in [6, 6.07) is 7.85. The van der Waals surface area contributed by atoms with E-state index in [4.69, 9.17) is 0 Å². The van der Waals surface area contributed by atoms with Gasteiger partial charge in [-0.3, -0.25) is 9.79 Å². The van der Waals surface area contributed by atoms with Gasteiger partial charge in [-0.05, 0) is 30.0 Å². The normalized spacial score (nSPS) is 10.9. The van der Waals surface area contributed by atoms with Crippen molar-refractivity contribution in [2.75, 3.05) is 27.2 Å². The van der Waals surface area contributed by atoms with E-state index < -0.39 is 0 Å². The molecule has 0 atom stereocenters. The van der Waals surface area contributed by atoms with Gasteiger partial charge in [0.05, 0.1) is 11.4 Å². The van der Waals surface area contributed by atoms with Gasteiger partial charge in [0.25, 0.3) is 5.91 Å². The monoisotopic (exact) mass is 475 g/mol.